The van der Waals surface area contributed by atoms with Gasteiger partial charge in [-0.2, -0.15) is 0 Å². The molecule has 0 saturated carbocycles. The molecule has 4 nitrogen and oxygen atoms in total. The van der Waals surface area contributed by atoms with Crippen LogP contribution in [0.25, 0.3) is 0 Å². The van der Waals surface area contributed by atoms with Crippen molar-refractivity contribution in [3.05, 3.63) is 35.9 Å². The molecule has 1 aliphatic rings. The Hall–Kier alpha value is -1.39. The van der Waals surface area contributed by atoms with Gasteiger partial charge in [-0.15, -0.1) is 0 Å². The molecular weight excluding hydrogens is 250 g/mol. The van der Waals surface area contributed by atoms with Crippen LogP contribution in [0.15, 0.2) is 30.3 Å². The quantitative estimate of drug-likeness (QED) is 0.853. The summed E-state index contributed by atoms with van der Waals surface area (Å²) in [7, 11) is 3.67. The van der Waals surface area contributed by atoms with Gasteiger partial charge >= 0.3 is 0 Å². The fourth-order valence-corrected chi connectivity index (χ4v) is 2.89. The highest BCUT2D eigenvalue weighted by atomic mass is 16.1. The third-order valence-corrected chi connectivity index (χ3v) is 4.37. The van der Waals surface area contributed by atoms with E-state index in [1.54, 1.807) is 7.05 Å². The normalized spacial score (nSPS) is 18.7. The summed E-state index contributed by atoms with van der Waals surface area (Å²) in [5.41, 5.74) is 1.32. The molecule has 20 heavy (non-hydrogen) atoms. The molecule has 1 saturated heterocycles. The van der Waals surface area contributed by atoms with Crippen LogP contribution < -0.4 is 10.6 Å². The van der Waals surface area contributed by atoms with E-state index in [-0.39, 0.29) is 11.4 Å². The molecule has 0 atom stereocenters. The minimum atomic E-state index is -0.0344. The molecule has 0 aromatic heterocycles. The van der Waals surface area contributed by atoms with Crippen LogP contribution in [0.2, 0.25) is 0 Å². The van der Waals surface area contributed by atoms with E-state index in [9.17, 15) is 4.79 Å². The number of likely N-dealkylation sites (tertiary alicyclic amines) is 1. The summed E-state index contributed by atoms with van der Waals surface area (Å²) in [6.07, 6.45) is 2.60. The van der Waals surface area contributed by atoms with Gasteiger partial charge in [-0.05, 0) is 25.5 Å². The largest absolute Gasteiger partial charge is 0.359 e. The van der Waals surface area contributed by atoms with Crippen molar-refractivity contribution in [1.29, 1.82) is 0 Å². The number of benzene rings is 1. The number of amides is 1. The first-order valence-electron chi connectivity index (χ1n) is 7.33. The molecule has 0 bridgehead atoms. The van der Waals surface area contributed by atoms with Crippen molar-refractivity contribution in [3.63, 3.8) is 0 Å². The van der Waals surface area contributed by atoms with Crippen LogP contribution in [0.1, 0.15) is 24.8 Å². The molecule has 110 valence electrons. The Kier molecular flexibility index (Phi) is 5.15. The maximum atomic E-state index is 11.7. The molecule has 1 aromatic rings. The standard InChI is InChI=1S/C16H25N3O/c1-17-15(20)12-16(18-2)8-10-19(11-9-16)13-14-6-4-3-5-7-14/h3-7,18H,8-13H2,1-2H3,(H,17,20). The summed E-state index contributed by atoms with van der Waals surface area (Å²) in [5.74, 6) is 0.121. The number of piperidine rings is 1. The lowest BCUT2D eigenvalue weighted by molar-refractivity contribution is -0.122. The van der Waals surface area contributed by atoms with Crippen LogP contribution in [-0.4, -0.2) is 43.5 Å². The number of nitrogens with zero attached hydrogens (tertiary/aromatic N) is 1. The highest BCUT2D eigenvalue weighted by molar-refractivity contribution is 5.76. The number of carbonyl (C=O) groups is 1. The highest BCUT2D eigenvalue weighted by Gasteiger charge is 2.34. The lowest BCUT2D eigenvalue weighted by atomic mass is 9.84. The molecule has 1 aromatic carbocycles. The van der Waals surface area contributed by atoms with Gasteiger partial charge in [-0.25, -0.2) is 0 Å². The number of nitrogens with one attached hydrogen (secondary N) is 2. The fourth-order valence-electron chi connectivity index (χ4n) is 2.89. The van der Waals surface area contributed by atoms with Crippen molar-refractivity contribution in [2.45, 2.75) is 31.3 Å². The zero-order chi connectivity index (χ0) is 14.4. The van der Waals surface area contributed by atoms with E-state index in [1.165, 1.54) is 5.56 Å². The van der Waals surface area contributed by atoms with E-state index in [0.29, 0.717) is 6.42 Å². The molecular formula is C16H25N3O. The first kappa shape index (κ1) is 15.0. The van der Waals surface area contributed by atoms with Gasteiger partial charge in [-0.1, -0.05) is 30.3 Å². The monoisotopic (exact) mass is 275 g/mol. The number of carbonyl (C=O) groups excluding carboxylic acids is 1. The Morgan fingerprint density at radius 3 is 2.40 bits per heavy atom. The topological polar surface area (TPSA) is 44.4 Å². The second-order valence-corrected chi connectivity index (χ2v) is 5.64. The average molecular weight is 275 g/mol. The van der Waals surface area contributed by atoms with E-state index >= 15 is 0 Å². The van der Waals surface area contributed by atoms with Gasteiger partial charge in [0.25, 0.3) is 0 Å². The van der Waals surface area contributed by atoms with Crippen LogP contribution in [0, 0.1) is 0 Å². The van der Waals surface area contributed by atoms with Crippen LogP contribution in [-0.2, 0) is 11.3 Å². The van der Waals surface area contributed by atoms with Gasteiger partial charge in [0.2, 0.25) is 5.91 Å². The van der Waals surface area contributed by atoms with Crippen LogP contribution in [0.5, 0.6) is 0 Å². The van der Waals surface area contributed by atoms with E-state index < -0.39 is 0 Å². The molecule has 0 spiro atoms. The molecule has 4 heteroatoms. The van der Waals surface area contributed by atoms with Gasteiger partial charge in [0.05, 0.1) is 0 Å². The number of rotatable bonds is 5. The lowest BCUT2D eigenvalue weighted by Crippen LogP contribution is -2.53. The second-order valence-electron chi connectivity index (χ2n) is 5.64. The first-order chi connectivity index (χ1) is 9.67. The number of hydrogen-bond donors (Lipinski definition) is 2. The maximum absolute atomic E-state index is 11.7. The summed E-state index contributed by atoms with van der Waals surface area (Å²) in [4.78, 5) is 14.1. The molecule has 0 radical (unpaired) electrons. The van der Waals surface area contributed by atoms with Crippen molar-refractivity contribution in [2.75, 3.05) is 27.2 Å². The summed E-state index contributed by atoms with van der Waals surface area (Å²) < 4.78 is 0. The fraction of sp³-hybridized carbons (Fsp3) is 0.562. The Bertz CT molecular complexity index is 425. The predicted octanol–water partition coefficient (Wildman–Crippen LogP) is 1.38. The smallest absolute Gasteiger partial charge is 0.221 e. The second kappa shape index (κ2) is 6.86. The summed E-state index contributed by atoms with van der Waals surface area (Å²) in [6.45, 7) is 3.07. The Morgan fingerprint density at radius 1 is 1.20 bits per heavy atom. The Morgan fingerprint density at radius 2 is 1.85 bits per heavy atom. The van der Waals surface area contributed by atoms with Crippen LogP contribution in [0.4, 0.5) is 0 Å². The van der Waals surface area contributed by atoms with Gasteiger partial charge < -0.3 is 10.6 Å². The van der Waals surface area contributed by atoms with E-state index in [4.69, 9.17) is 0 Å². The Balaban J connectivity index is 1.89. The number of hydrogen-bond acceptors (Lipinski definition) is 3. The zero-order valence-electron chi connectivity index (χ0n) is 12.5. The van der Waals surface area contributed by atoms with Crippen molar-refractivity contribution < 1.29 is 4.79 Å². The molecule has 2 rings (SSSR count). The van der Waals surface area contributed by atoms with Gasteiger partial charge in [0.1, 0.15) is 0 Å². The highest BCUT2D eigenvalue weighted by Crippen LogP contribution is 2.26. The molecule has 0 aliphatic carbocycles. The van der Waals surface area contributed by atoms with E-state index in [0.717, 1.165) is 32.5 Å². The average Bonchev–Trinajstić information content (AvgIpc) is 2.50. The predicted molar refractivity (Wildman–Crippen MR) is 81.4 cm³/mol. The zero-order valence-corrected chi connectivity index (χ0v) is 12.5. The van der Waals surface area contributed by atoms with Gasteiger partial charge in [0.15, 0.2) is 0 Å². The molecule has 0 unspecified atom stereocenters. The third kappa shape index (κ3) is 3.81. The third-order valence-electron chi connectivity index (χ3n) is 4.37. The van der Waals surface area contributed by atoms with Crippen LogP contribution in [0.3, 0.4) is 0 Å². The first-order valence-corrected chi connectivity index (χ1v) is 7.33. The minimum Gasteiger partial charge on any atom is -0.359 e. The van der Waals surface area contributed by atoms with Crippen molar-refractivity contribution in [2.24, 2.45) is 0 Å². The SMILES string of the molecule is CNC(=O)CC1(NC)CCN(Cc2ccccc2)CC1. The lowest BCUT2D eigenvalue weighted by Gasteiger charge is -2.41. The molecule has 1 amide bonds. The summed E-state index contributed by atoms with van der Waals surface area (Å²) >= 11 is 0. The van der Waals surface area contributed by atoms with E-state index in [1.807, 2.05) is 7.05 Å². The summed E-state index contributed by atoms with van der Waals surface area (Å²) in [6, 6.07) is 10.6. The molecule has 2 N–H and O–H groups in total. The summed E-state index contributed by atoms with van der Waals surface area (Å²) in [5, 5.41) is 6.11. The molecule has 1 fully saturated rings. The van der Waals surface area contributed by atoms with Gasteiger partial charge in [0, 0.05) is 38.6 Å². The van der Waals surface area contributed by atoms with Gasteiger partial charge in [-0.3, -0.25) is 9.69 Å². The molecule has 1 aliphatic heterocycles. The molecule has 1 heterocycles. The Labute approximate surface area is 121 Å². The van der Waals surface area contributed by atoms with Crippen molar-refractivity contribution in [3.8, 4) is 0 Å². The van der Waals surface area contributed by atoms with Crippen molar-refractivity contribution in [1.82, 2.24) is 15.5 Å². The van der Waals surface area contributed by atoms with Crippen LogP contribution >= 0.6 is 0 Å². The maximum Gasteiger partial charge on any atom is 0.221 e. The minimum absolute atomic E-state index is 0.0344. The van der Waals surface area contributed by atoms with E-state index in [2.05, 4.69) is 45.9 Å². The van der Waals surface area contributed by atoms with Crippen molar-refractivity contribution >= 4 is 5.91 Å².